The summed E-state index contributed by atoms with van der Waals surface area (Å²) in [5.41, 5.74) is 1.03. The van der Waals surface area contributed by atoms with Crippen molar-refractivity contribution < 1.29 is 13.5 Å². The second-order valence-electron chi connectivity index (χ2n) is 3.91. The van der Waals surface area contributed by atoms with Gasteiger partial charge in [-0.25, -0.2) is 13.1 Å². The number of rotatable bonds is 6. The largest absolute Gasteiger partial charge is 0.391 e. The zero-order valence-electron chi connectivity index (χ0n) is 10.1. The Bertz CT molecular complexity index is 623. The third kappa shape index (κ3) is 3.84. The molecule has 0 aliphatic heterocycles. The molecule has 0 radical (unpaired) electrons. The summed E-state index contributed by atoms with van der Waals surface area (Å²) in [4.78, 5) is 4.74. The summed E-state index contributed by atoms with van der Waals surface area (Å²) in [6, 6.07) is 5.19. The van der Waals surface area contributed by atoms with E-state index in [1.165, 1.54) is 22.8 Å². The average Bonchev–Trinajstić information content (AvgIpc) is 2.89. The Balaban J connectivity index is 1.94. The summed E-state index contributed by atoms with van der Waals surface area (Å²) in [6.45, 7) is 0.188. The number of pyridine rings is 1. The molecule has 2 N–H and O–H groups in total. The van der Waals surface area contributed by atoms with Crippen molar-refractivity contribution in [3.8, 4) is 0 Å². The van der Waals surface area contributed by atoms with Crippen LogP contribution in [-0.4, -0.2) is 25.1 Å². The summed E-state index contributed by atoms with van der Waals surface area (Å²) in [5, 5.41) is 10.5. The van der Waals surface area contributed by atoms with Crippen molar-refractivity contribution in [1.82, 2.24) is 9.71 Å². The average molecular weight is 298 g/mol. The predicted octanol–water partition coefficient (Wildman–Crippen LogP) is 1.16. The molecule has 0 amide bonds. The van der Waals surface area contributed by atoms with Crippen LogP contribution in [0.1, 0.15) is 10.4 Å². The van der Waals surface area contributed by atoms with Gasteiger partial charge in [-0.15, -0.1) is 11.3 Å². The Morgan fingerprint density at radius 3 is 2.68 bits per heavy atom. The van der Waals surface area contributed by atoms with Crippen LogP contribution in [0.15, 0.2) is 40.9 Å². The lowest BCUT2D eigenvalue weighted by atomic mass is 10.2. The normalized spacial score (nSPS) is 11.6. The van der Waals surface area contributed by atoms with E-state index in [1.54, 1.807) is 12.4 Å². The van der Waals surface area contributed by atoms with Crippen LogP contribution in [0.25, 0.3) is 0 Å². The van der Waals surface area contributed by atoms with Crippen LogP contribution in [0.4, 0.5) is 0 Å². The lowest BCUT2D eigenvalue weighted by molar-refractivity contribution is 0.285. The van der Waals surface area contributed by atoms with Crippen molar-refractivity contribution in [2.45, 2.75) is 17.9 Å². The summed E-state index contributed by atoms with van der Waals surface area (Å²) in [7, 11) is -3.49. The number of nitrogens with zero attached hydrogens (tertiary/aromatic N) is 1. The van der Waals surface area contributed by atoms with Crippen LogP contribution >= 0.6 is 11.3 Å². The highest BCUT2D eigenvalue weighted by molar-refractivity contribution is 7.89. The van der Waals surface area contributed by atoms with E-state index >= 15 is 0 Å². The van der Waals surface area contributed by atoms with E-state index in [2.05, 4.69) is 9.71 Å². The van der Waals surface area contributed by atoms with Gasteiger partial charge in [-0.1, -0.05) is 0 Å². The molecule has 0 fully saturated rings. The Labute approximate surface area is 116 Å². The molecule has 2 heterocycles. The quantitative estimate of drug-likeness (QED) is 0.838. The van der Waals surface area contributed by atoms with Crippen LogP contribution < -0.4 is 4.72 Å². The van der Waals surface area contributed by atoms with Gasteiger partial charge in [-0.05, 0) is 30.2 Å². The fourth-order valence-electron chi connectivity index (χ4n) is 1.55. The van der Waals surface area contributed by atoms with E-state index in [4.69, 9.17) is 5.11 Å². The number of aliphatic hydroxyl groups is 1. The molecule has 2 rings (SSSR count). The van der Waals surface area contributed by atoms with Crippen molar-refractivity contribution in [3.63, 3.8) is 0 Å². The maximum Gasteiger partial charge on any atom is 0.241 e. The van der Waals surface area contributed by atoms with E-state index in [-0.39, 0.29) is 11.5 Å². The molecular weight excluding hydrogens is 284 g/mol. The Morgan fingerprint density at radius 2 is 2.05 bits per heavy atom. The molecule has 0 aromatic carbocycles. The topological polar surface area (TPSA) is 79.3 Å². The number of hydrogen-bond acceptors (Lipinski definition) is 5. The lowest BCUT2D eigenvalue weighted by Gasteiger charge is -2.04. The van der Waals surface area contributed by atoms with Crippen LogP contribution in [0.2, 0.25) is 0 Å². The highest BCUT2D eigenvalue weighted by Crippen LogP contribution is 2.18. The zero-order valence-corrected chi connectivity index (χ0v) is 11.7. The van der Waals surface area contributed by atoms with Gasteiger partial charge < -0.3 is 5.11 Å². The van der Waals surface area contributed by atoms with Gasteiger partial charge in [0.05, 0.1) is 11.5 Å². The number of sulfonamides is 1. The number of thiophene rings is 1. The summed E-state index contributed by atoms with van der Waals surface area (Å²) >= 11 is 1.23. The molecule has 0 spiro atoms. The van der Waals surface area contributed by atoms with Gasteiger partial charge in [0.15, 0.2) is 0 Å². The van der Waals surface area contributed by atoms with Crippen molar-refractivity contribution in [2.24, 2.45) is 0 Å². The molecule has 7 heteroatoms. The lowest BCUT2D eigenvalue weighted by Crippen LogP contribution is -2.25. The molecule has 2 aromatic heterocycles. The molecule has 2 aromatic rings. The van der Waals surface area contributed by atoms with Crippen LogP contribution in [0.5, 0.6) is 0 Å². The minimum atomic E-state index is -3.49. The van der Waals surface area contributed by atoms with Gasteiger partial charge in [0.2, 0.25) is 10.0 Å². The molecule has 19 heavy (non-hydrogen) atoms. The maximum absolute atomic E-state index is 12.0. The minimum absolute atomic E-state index is 0.142. The van der Waals surface area contributed by atoms with Crippen LogP contribution in [0, 0.1) is 0 Å². The summed E-state index contributed by atoms with van der Waals surface area (Å²) < 4.78 is 26.4. The molecule has 0 unspecified atom stereocenters. The minimum Gasteiger partial charge on any atom is -0.391 e. The molecule has 5 nitrogen and oxygen atoms in total. The first kappa shape index (κ1) is 14.1. The molecule has 0 aliphatic carbocycles. The van der Waals surface area contributed by atoms with Gasteiger partial charge in [-0.2, -0.15) is 0 Å². The molecular formula is C12H14N2O3S2. The number of hydrogen-bond donors (Lipinski definition) is 2. The van der Waals surface area contributed by atoms with E-state index in [0.29, 0.717) is 17.8 Å². The standard InChI is InChI=1S/C12H14N2O3S2/c15-8-11-7-12(9-18-11)19(16,17)14-6-3-10-1-4-13-5-2-10/h1-2,4-5,7,9,14-15H,3,6,8H2. The van der Waals surface area contributed by atoms with E-state index in [9.17, 15) is 8.42 Å². The fraction of sp³-hybridized carbons (Fsp3) is 0.250. The SMILES string of the molecule is O=S(=O)(NCCc1ccncc1)c1csc(CO)c1. The maximum atomic E-state index is 12.0. The molecule has 0 bridgehead atoms. The van der Waals surface area contributed by atoms with Gasteiger partial charge in [0, 0.05) is 29.2 Å². The molecule has 0 atom stereocenters. The second-order valence-corrected chi connectivity index (χ2v) is 6.67. The van der Waals surface area contributed by atoms with Crippen molar-refractivity contribution >= 4 is 21.4 Å². The second kappa shape index (κ2) is 6.25. The van der Waals surface area contributed by atoms with E-state index < -0.39 is 10.0 Å². The third-order valence-electron chi connectivity index (χ3n) is 2.55. The molecule has 102 valence electrons. The van der Waals surface area contributed by atoms with Crippen molar-refractivity contribution in [1.29, 1.82) is 0 Å². The first-order valence-electron chi connectivity index (χ1n) is 5.68. The Kier molecular flexibility index (Phi) is 4.65. The molecule has 0 saturated carbocycles. The van der Waals surface area contributed by atoms with E-state index in [1.807, 2.05) is 12.1 Å². The van der Waals surface area contributed by atoms with Gasteiger partial charge in [0.25, 0.3) is 0 Å². The van der Waals surface area contributed by atoms with Crippen molar-refractivity contribution in [3.05, 3.63) is 46.4 Å². The zero-order chi connectivity index (χ0) is 13.7. The first-order valence-corrected chi connectivity index (χ1v) is 8.05. The third-order valence-corrected chi connectivity index (χ3v) is 5.06. The monoisotopic (exact) mass is 298 g/mol. The summed E-state index contributed by atoms with van der Waals surface area (Å²) in [6.07, 6.45) is 3.96. The fourth-order valence-corrected chi connectivity index (χ4v) is 3.71. The number of aliphatic hydroxyl groups excluding tert-OH is 1. The van der Waals surface area contributed by atoms with Crippen molar-refractivity contribution in [2.75, 3.05) is 6.54 Å². The van der Waals surface area contributed by atoms with Crippen LogP contribution in [0.3, 0.4) is 0 Å². The first-order chi connectivity index (χ1) is 9.12. The Morgan fingerprint density at radius 1 is 1.32 bits per heavy atom. The van der Waals surface area contributed by atoms with Gasteiger partial charge in [-0.3, -0.25) is 4.98 Å². The van der Waals surface area contributed by atoms with Gasteiger partial charge in [0.1, 0.15) is 0 Å². The predicted molar refractivity (Wildman–Crippen MR) is 73.4 cm³/mol. The highest BCUT2D eigenvalue weighted by Gasteiger charge is 2.15. The highest BCUT2D eigenvalue weighted by atomic mass is 32.2. The Hall–Kier alpha value is -1.28. The van der Waals surface area contributed by atoms with Gasteiger partial charge >= 0.3 is 0 Å². The van der Waals surface area contributed by atoms with E-state index in [0.717, 1.165) is 5.56 Å². The molecule has 0 saturated heterocycles. The summed E-state index contributed by atoms with van der Waals surface area (Å²) in [5.74, 6) is 0. The number of aromatic nitrogens is 1. The molecule has 0 aliphatic rings. The van der Waals surface area contributed by atoms with Crippen LogP contribution in [-0.2, 0) is 23.1 Å². The smallest absolute Gasteiger partial charge is 0.241 e. The number of nitrogens with one attached hydrogen (secondary N) is 1.